The number of benzene rings is 2. The van der Waals surface area contributed by atoms with Crippen LogP contribution < -0.4 is 4.90 Å². The number of anilines is 1. The Morgan fingerprint density at radius 2 is 1.75 bits per heavy atom. The van der Waals surface area contributed by atoms with Crippen molar-refractivity contribution in [1.82, 2.24) is 9.47 Å². The summed E-state index contributed by atoms with van der Waals surface area (Å²) in [5, 5.41) is 0.710. The van der Waals surface area contributed by atoms with Crippen LogP contribution in [0, 0.1) is 12.7 Å². The number of aromatic nitrogens is 1. The Balaban J connectivity index is 1.41. The van der Waals surface area contributed by atoms with Gasteiger partial charge in [-0.1, -0.05) is 41.9 Å². The first-order valence-corrected chi connectivity index (χ1v) is 11.0. The average Bonchev–Trinajstić information content (AvgIpc) is 3.32. The molecule has 0 atom stereocenters. The summed E-state index contributed by atoms with van der Waals surface area (Å²) in [5.74, 6) is 0.384. The number of aryl methyl sites for hydroxylation is 1. The molecule has 164 valence electrons. The number of amides is 1. The van der Waals surface area contributed by atoms with Crippen molar-refractivity contribution in [2.45, 2.75) is 13.5 Å². The summed E-state index contributed by atoms with van der Waals surface area (Å²) in [6, 6.07) is 18.0. The Kier molecular flexibility index (Phi) is 5.39. The lowest BCUT2D eigenvalue weighted by Crippen LogP contribution is -2.49. The SMILES string of the molecule is Cc1cc2c(cc(C(=O)N3CCN(c4ccccc4Cl)CC3)n2Cc2ccccc2F)o1. The zero-order valence-electron chi connectivity index (χ0n) is 17.7. The predicted octanol–water partition coefficient (Wildman–Crippen LogP) is 5.35. The van der Waals surface area contributed by atoms with Gasteiger partial charge in [0.1, 0.15) is 17.3 Å². The molecule has 0 N–H and O–H groups in total. The van der Waals surface area contributed by atoms with Gasteiger partial charge in [0.25, 0.3) is 5.91 Å². The molecular weight excluding hydrogens is 429 g/mol. The van der Waals surface area contributed by atoms with E-state index in [0.29, 0.717) is 48.0 Å². The van der Waals surface area contributed by atoms with Gasteiger partial charge in [-0.05, 0) is 25.1 Å². The van der Waals surface area contributed by atoms with Gasteiger partial charge in [0.05, 0.1) is 22.8 Å². The quantitative estimate of drug-likeness (QED) is 0.420. The van der Waals surface area contributed by atoms with Gasteiger partial charge in [0.2, 0.25) is 0 Å². The summed E-state index contributed by atoms with van der Waals surface area (Å²) in [5.41, 5.74) is 3.45. The lowest BCUT2D eigenvalue weighted by Gasteiger charge is -2.36. The fourth-order valence-electron chi connectivity index (χ4n) is 4.33. The Morgan fingerprint density at radius 3 is 2.50 bits per heavy atom. The van der Waals surface area contributed by atoms with Crippen molar-refractivity contribution >= 4 is 34.3 Å². The number of carbonyl (C=O) groups is 1. The number of furan rings is 1. The third-order valence-electron chi connectivity index (χ3n) is 5.98. The molecule has 0 bridgehead atoms. The zero-order valence-corrected chi connectivity index (χ0v) is 18.5. The molecule has 1 amide bonds. The maximum absolute atomic E-state index is 14.4. The molecule has 1 fully saturated rings. The van der Waals surface area contributed by atoms with Crippen LogP contribution in [0.3, 0.4) is 0 Å². The highest BCUT2D eigenvalue weighted by Gasteiger charge is 2.27. The largest absolute Gasteiger partial charge is 0.460 e. The summed E-state index contributed by atoms with van der Waals surface area (Å²) < 4.78 is 22.0. The van der Waals surface area contributed by atoms with Crippen molar-refractivity contribution in [2.75, 3.05) is 31.1 Å². The summed E-state index contributed by atoms with van der Waals surface area (Å²) in [7, 11) is 0. The Morgan fingerprint density at radius 1 is 1.03 bits per heavy atom. The summed E-state index contributed by atoms with van der Waals surface area (Å²) >= 11 is 6.34. The van der Waals surface area contributed by atoms with E-state index < -0.39 is 0 Å². The van der Waals surface area contributed by atoms with E-state index in [9.17, 15) is 9.18 Å². The van der Waals surface area contributed by atoms with E-state index in [0.717, 1.165) is 17.0 Å². The first-order valence-electron chi connectivity index (χ1n) is 10.6. The number of fused-ring (bicyclic) bond motifs is 1. The molecule has 4 aromatic rings. The van der Waals surface area contributed by atoms with E-state index >= 15 is 0 Å². The summed E-state index contributed by atoms with van der Waals surface area (Å²) in [6.07, 6.45) is 0. The van der Waals surface area contributed by atoms with E-state index in [-0.39, 0.29) is 18.3 Å². The molecule has 1 aliphatic heterocycles. The fourth-order valence-corrected chi connectivity index (χ4v) is 4.59. The van der Waals surface area contributed by atoms with Crippen LogP contribution in [0.4, 0.5) is 10.1 Å². The minimum atomic E-state index is -0.290. The van der Waals surface area contributed by atoms with Crippen molar-refractivity contribution in [3.05, 3.63) is 88.5 Å². The van der Waals surface area contributed by atoms with Crippen LogP contribution in [0.25, 0.3) is 11.1 Å². The van der Waals surface area contributed by atoms with Gasteiger partial charge in [-0.15, -0.1) is 0 Å². The number of halogens is 2. The highest BCUT2D eigenvalue weighted by Crippen LogP contribution is 2.28. The molecule has 2 aromatic heterocycles. The van der Waals surface area contributed by atoms with E-state index in [1.165, 1.54) is 6.07 Å². The molecule has 0 saturated carbocycles. The van der Waals surface area contributed by atoms with E-state index in [1.807, 2.05) is 46.7 Å². The van der Waals surface area contributed by atoms with Gasteiger partial charge < -0.3 is 18.8 Å². The highest BCUT2D eigenvalue weighted by molar-refractivity contribution is 6.33. The van der Waals surface area contributed by atoms with Gasteiger partial charge >= 0.3 is 0 Å². The summed E-state index contributed by atoms with van der Waals surface area (Å²) in [6.45, 7) is 4.67. The van der Waals surface area contributed by atoms with Crippen molar-refractivity contribution < 1.29 is 13.6 Å². The molecule has 0 spiro atoms. The zero-order chi connectivity index (χ0) is 22.2. The van der Waals surface area contributed by atoms with Gasteiger partial charge in [-0.2, -0.15) is 0 Å². The first kappa shape index (κ1) is 20.6. The Labute approximate surface area is 190 Å². The smallest absolute Gasteiger partial charge is 0.270 e. The lowest BCUT2D eigenvalue weighted by atomic mass is 10.2. The molecule has 2 aromatic carbocycles. The topological polar surface area (TPSA) is 41.6 Å². The van der Waals surface area contributed by atoms with E-state index in [4.69, 9.17) is 16.0 Å². The second-order valence-electron chi connectivity index (χ2n) is 8.04. The van der Waals surface area contributed by atoms with E-state index in [1.54, 1.807) is 24.3 Å². The van der Waals surface area contributed by atoms with Crippen LogP contribution in [-0.2, 0) is 6.54 Å². The van der Waals surface area contributed by atoms with E-state index in [2.05, 4.69) is 4.90 Å². The molecule has 3 heterocycles. The molecule has 5 nitrogen and oxygen atoms in total. The molecule has 32 heavy (non-hydrogen) atoms. The van der Waals surface area contributed by atoms with Crippen molar-refractivity contribution in [2.24, 2.45) is 0 Å². The third kappa shape index (κ3) is 3.75. The number of para-hydroxylation sites is 1. The average molecular weight is 452 g/mol. The lowest BCUT2D eigenvalue weighted by molar-refractivity contribution is 0.0736. The van der Waals surface area contributed by atoms with Crippen LogP contribution in [-0.4, -0.2) is 41.6 Å². The highest BCUT2D eigenvalue weighted by atomic mass is 35.5. The predicted molar refractivity (Wildman–Crippen MR) is 124 cm³/mol. The molecule has 1 aliphatic rings. The standard InChI is InChI=1S/C25H23ClFN3O2/c1-17-14-22-24(32-17)15-23(30(22)16-18-6-2-4-8-20(18)27)25(31)29-12-10-28(11-13-29)21-9-5-3-7-19(21)26/h2-9,14-15H,10-13,16H2,1H3. The molecule has 0 unspecified atom stereocenters. The Hall–Kier alpha value is -3.25. The van der Waals surface area contributed by atoms with Crippen LogP contribution in [0.2, 0.25) is 5.02 Å². The normalized spacial score (nSPS) is 14.3. The first-order chi connectivity index (χ1) is 15.5. The Bertz CT molecular complexity index is 1290. The number of hydrogen-bond acceptors (Lipinski definition) is 3. The molecule has 0 radical (unpaired) electrons. The number of nitrogens with zero attached hydrogens (tertiary/aromatic N) is 3. The number of hydrogen-bond donors (Lipinski definition) is 0. The van der Waals surface area contributed by atoms with Crippen LogP contribution in [0.15, 0.2) is 65.1 Å². The van der Waals surface area contributed by atoms with Crippen molar-refractivity contribution in [3.8, 4) is 0 Å². The number of piperazine rings is 1. The van der Waals surface area contributed by atoms with Gasteiger partial charge in [0, 0.05) is 43.9 Å². The minimum absolute atomic E-state index is 0.0794. The second kappa shape index (κ2) is 8.36. The third-order valence-corrected chi connectivity index (χ3v) is 6.30. The molecule has 1 saturated heterocycles. The maximum Gasteiger partial charge on any atom is 0.270 e. The molecule has 7 heteroatoms. The van der Waals surface area contributed by atoms with Crippen LogP contribution in [0.5, 0.6) is 0 Å². The second-order valence-corrected chi connectivity index (χ2v) is 8.45. The van der Waals surface area contributed by atoms with Gasteiger partial charge in [-0.3, -0.25) is 4.79 Å². The van der Waals surface area contributed by atoms with Gasteiger partial charge in [0.15, 0.2) is 5.58 Å². The molecule has 5 rings (SSSR count). The van der Waals surface area contributed by atoms with Crippen molar-refractivity contribution in [3.63, 3.8) is 0 Å². The van der Waals surface area contributed by atoms with Crippen molar-refractivity contribution in [1.29, 1.82) is 0 Å². The van der Waals surface area contributed by atoms with Crippen LogP contribution >= 0.6 is 11.6 Å². The van der Waals surface area contributed by atoms with Gasteiger partial charge in [-0.25, -0.2) is 4.39 Å². The number of rotatable bonds is 4. The van der Waals surface area contributed by atoms with Crippen LogP contribution in [0.1, 0.15) is 21.8 Å². The molecule has 0 aliphatic carbocycles. The fraction of sp³-hybridized carbons (Fsp3) is 0.240. The maximum atomic E-state index is 14.4. The monoisotopic (exact) mass is 451 g/mol. The summed E-state index contributed by atoms with van der Waals surface area (Å²) in [4.78, 5) is 17.5. The number of carbonyl (C=O) groups excluding carboxylic acids is 1. The molecular formula is C25H23ClFN3O2. The minimum Gasteiger partial charge on any atom is -0.460 e.